The van der Waals surface area contributed by atoms with Gasteiger partial charge in [-0.2, -0.15) is 0 Å². The molecule has 2 unspecified atom stereocenters. The molecule has 72 valence electrons. The Bertz CT molecular complexity index is 216. The van der Waals surface area contributed by atoms with Gasteiger partial charge in [0.1, 0.15) is 0 Å². The molecule has 0 aliphatic heterocycles. The molecule has 0 aromatic heterocycles. The van der Waals surface area contributed by atoms with Crippen LogP contribution in [0.15, 0.2) is 12.2 Å². The fourth-order valence-electron chi connectivity index (χ4n) is 2.53. The van der Waals surface area contributed by atoms with Crippen LogP contribution in [0, 0.1) is 17.8 Å². The number of esters is 1. The first-order valence-electron chi connectivity index (χ1n) is 5.07. The monoisotopic (exact) mass is 180 g/mol. The van der Waals surface area contributed by atoms with Crippen molar-refractivity contribution in [3.05, 3.63) is 12.2 Å². The minimum absolute atomic E-state index is 0.0110. The van der Waals surface area contributed by atoms with Crippen LogP contribution in [0.5, 0.6) is 0 Å². The number of allylic oxidation sites excluding steroid dienone is 2. The van der Waals surface area contributed by atoms with E-state index in [1.807, 2.05) is 0 Å². The van der Waals surface area contributed by atoms with Crippen LogP contribution >= 0.6 is 0 Å². The van der Waals surface area contributed by atoms with Crippen LogP contribution in [-0.2, 0) is 9.53 Å². The highest BCUT2D eigenvalue weighted by molar-refractivity contribution is 5.76. The van der Waals surface area contributed by atoms with Gasteiger partial charge < -0.3 is 4.74 Å². The zero-order valence-corrected chi connectivity index (χ0v) is 8.03. The Morgan fingerprint density at radius 3 is 2.23 bits per heavy atom. The number of ether oxygens (including phenoxy) is 1. The fourth-order valence-corrected chi connectivity index (χ4v) is 2.53. The molecule has 2 aliphatic rings. The van der Waals surface area contributed by atoms with Crippen molar-refractivity contribution in [1.82, 2.24) is 0 Å². The van der Waals surface area contributed by atoms with E-state index in [0.29, 0.717) is 11.8 Å². The molecule has 2 heteroatoms. The molecule has 1 fully saturated rings. The van der Waals surface area contributed by atoms with Crippen molar-refractivity contribution in [1.29, 1.82) is 0 Å². The van der Waals surface area contributed by atoms with E-state index in [2.05, 4.69) is 12.2 Å². The van der Waals surface area contributed by atoms with E-state index in [1.54, 1.807) is 0 Å². The molecule has 0 bridgehead atoms. The topological polar surface area (TPSA) is 26.3 Å². The fraction of sp³-hybridized carbons (Fsp3) is 0.727. The van der Waals surface area contributed by atoms with Gasteiger partial charge in [0.25, 0.3) is 0 Å². The summed E-state index contributed by atoms with van der Waals surface area (Å²) in [5, 5.41) is 0. The first-order valence-corrected chi connectivity index (χ1v) is 5.07. The number of rotatable bonds is 1. The average Bonchev–Trinajstić information content (AvgIpc) is 2.75. The van der Waals surface area contributed by atoms with Gasteiger partial charge in [-0.1, -0.05) is 12.2 Å². The van der Waals surface area contributed by atoms with Gasteiger partial charge in [0.2, 0.25) is 0 Å². The van der Waals surface area contributed by atoms with E-state index >= 15 is 0 Å². The summed E-state index contributed by atoms with van der Waals surface area (Å²) in [5.41, 5.74) is 0. The first kappa shape index (κ1) is 8.79. The zero-order valence-electron chi connectivity index (χ0n) is 8.03. The molecule has 0 saturated heterocycles. The van der Waals surface area contributed by atoms with Crippen LogP contribution in [-0.4, -0.2) is 13.1 Å². The van der Waals surface area contributed by atoms with Crippen LogP contribution in [0.25, 0.3) is 0 Å². The number of carbonyl (C=O) groups is 1. The lowest BCUT2D eigenvalue weighted by atomic mass is 10.1. The van der Waals surface area contributed by atoms with Gasteiger partial charge in [0.05, 0.1) is 13.0 Å². The third kappa shape index (κ3) is 1.62. The van der Waals surface area contributed by atoms with E-state index in [4.69, 9.17) is 4.74 Å². The standard InChI is InChI=1S/C11H16O2/c1-13-11(12)10-8-6-4-2-3-5-7-9(8)10/h2-3,8-10H,4-7H2,1H3/b3-2-. The molecule has 0 N–H and O–H groups in total. The van der Waals surface area contributed by atoms with Gasteiger partial charge in [0.15, 0.2) is 0 Å². The normalized spacial score (nSPS) is 39.6. The van der Waals surface area contributed by atoms with Gasteiger partial charge in [-0.05, 0) is 37.5 Å². The smallest absolute Gasteiger partial charge is 0.309 e. The minimum Gasteiger partial charge on any atom is -0.469 e. The van der Waals surface area contributed by atoms with Crippen LogP contribution in [0.1, 0.15) is 25.7 Å². The molecule has 0 aromatic rings. The number of hydrogen-bond donors (Lipinski definition) is 0. The van der Waals surface area contributed by atoms with Gasteiger partial charge in [-0.3, -0.25) is 4.79 Å². The molecule has 0 spiro atoms. The molecule has 2 aliphatic carbocycles. The Kier molecular flexibility index (Phi) is 2.38. The van der Waals surface area contributed by atoms with E-state index in [-0.39, 0.29) is 11.9 Å². The molecule has 0 aromatic carbocycles. The molecular weight excluding hydrogens is 164 g/mol. The van der Waals surface area contributed by atoms with Crippen molar-refractivity contribution in [2.24, 2.45) is 17.8 Å². The highest BCUT2D eigenvalue weighted by atomic mass is 16.5. The Morgan fingerprint density at radius 2 is 1.77 bits per heavy atom. The Hall–Kier alpha value is -0.790. The van der Waals surface area contributed by atoms with E-state index in [0.717, 1.165) is 12.8 Å². The van der Waals surface area contributed by atoms with Crippen LogP contribution < -0.4 is 0 Å². The zero-order chi connectivity index (χ0) is 9.26. The van der Waals surface area contributed by atoms with E-state index < -0.39 is 0 Å². The number of fused-ring (bicyclic) bond motifs is 1. The third-order valence-corrected chi connectivity index (χ3v) is 3.30. The van der Waals surface area contributed by atoms with Crippen molar-refractivity contribution in [3.63, 3.8) is 0 Å². The molecular formula is C11H16O2. The highest BCUT2D eigenvalue weighted by Crippen LogP contribution is 2.53. The van der Waals surface area contributed by atoms with Gasteiger partial charge >= 0.3 is 5.97 Å². The Morgan fingerprint density at radius 1 is 1.23 bits per heavy atom. The third-order valence-electron chi connectivity index (χ3n) is 3.30. The summed E-state index contributed by atoms with van der Waals surface area (Å²) in [6.07, 6.45) is 9.08. The molecule has 0 radical (unpaired) electrons. The molecule has 0 amide bonds. The van der Waals surface area contributed by atoms with Crippen molar-refractivity contribution in [2.45, 2.75) is 25.7 Å². The summed E-state index contributed by atoms with van der Waals surface area (Å²) >= 11 is 0. The largest absolute Gasteiger partial charge is 0.469 e. The number of carbonyl (C=O) groups excluding carboxylic acids is 1. The summed E-state index contributed by atoms with van der Waals surface area (Å²) in [5.74, 6) is 1.48. The first-order chi connectivity index (χ1) is 6.34. The Balaban J connectivity index is 1.95. The maximum Gasteiger partial charge on any atom is 0.309 e. The predicted octanol–water partition coefficient (Wildman–Crippen LogP) is 2.15. The lowest BCUT2D eigenvalue weighted by Crippen LogP contribution is -2.05. The number of hydrogen-bond acceptors (Lipinski definition) is 2. The number of methoxy groups -OCH3 is 1. The van der Waals surface area contributed by atoms with Crippen LogP contribution in [0.2, 0.25) is 0 Å². The summed E-state index contributed by atoms with van der Waals surface area (Å²) in [6, 6.07) is 0. The summed E-state index contributed by atoms with van der Waals surface area (Å²) in [4.78, 5) is 11.3. The molecule has 0 heterocycles. The van der Waals surface area contributed by atoms with Crippen molar-refractivity contribution >= 4 is 5.97 Å². The second-order valence-corrected chi connectivity index (χ2v) is 4.00. The Labute approximate surface area is 79.0 Å². The van der Waals surface area contributed by atoms with Crippen LogP contribution in [0.3, 0.4) is 0 Å². The second-order valence-electron chi connectivity index (χ2n) is 4.00. The lowest BCUT2D eigenvalue weighted by molar-refractivity contribution is -0.142. The van der Waals surface area contributed by atoms with Gasteiger partial charge in [-0.25, -0.2) is 0 Å². The molecule has 2 atom stereocenters. The highest BCUT2D eigenvalue weighted by Gasteiger charge is 2.53. The van der Waals surface area contributed by atoms with Gasteiger partial charge in [0, 0.05) is 0 Å². The molecule has 1 saturated carbocycles. The van der Waals surface area contributed by atoms with Crippen molar-refractivity contribution < 1.29 is 9.53 Å². The van der Waals surface area contributed by atoms with Crippen LogP contribution in [0.4, 0.5) is 0 Å². The van der Waals surface area contributed by atoms with E-state index in [9.17, 15) is 4.79 Å². The maximum atomic E-state index is 11.3. The molecule has 2 rings (SSSR count). The quantitative estimate of drug-likeness (QED) is 0.456. The minimum atomic E-state index is 0.0110. The summed E-state index contributed by atoms with van der Waals surface area (Å²) in [7, 11) is 1.49. The lowest BCUT2D eigenvalue weighted by Gasteiger charge is -1.98. The molecule has 13 heavy (non-hydrogen) atoms. The van der Waals surface area contributed by atoms with Crippen molar-refractivity contribution in [2.75, 3.05) is 7.11 Å². The predicted molar refractivity (Wildman–Crippen MR) is 50.1 cm³/mol. The average molecular weight is 180 g/mol. The summed E-state index contributed by atoms with van der Waals surface area (Å²) in [6.45, 7) is 0. The second kappa shape index (κ2) is 3.52. The maximum absolute atomic E-state index is 11.3. The van der Waals surface area contributed by atoms with E-state index in [1.165, 1.54) is 20.0 Å². The summed E-state index contributed by atoms with van der Waals surface area (Å²) < 4.78 is 4.79. The van der Waals surface area contributed by atoms with Crippen molar-refractivity contribution in [3.8, 4) is 0 Å². The SMILES string of the molecule is COC(=O)C1C2CC/C=C\CCC21. The van der Waals surface area contributed by atoms with Gasteiger partial charge in [-0.15, -0.1) is 0 Å². The molecule has 2 nitrogen and oxygen atoms in total.